The van der Waals surface area contributed by atoms with Crippen molar-refractivity contribution in [1.82, 2.24) is 25.5 Å². The van der Waals surface area contributed by atoms with Gasteiger partial charge in [0.15, 0.2) is 0 Å². The second-order valence-corrected chi connectivity index (χ2v) is 5.38. The maximum atomic E-state index is 11.9. The monoisotopic (exact) mass is 315 g/mol. The molecule has 1 aliphatic heterocycles. The van der Waals surface area contributed by atoms with Gasteiger partial charge in [0.25, 0.3) is 0 Å². The number of esters is 1. The second-order valence-electron chi connectivity index (χ2n) is 4.44. The third kappa shape index (κ3) is 4.97. The second kappa shape index (κ2) is 7.93. The van der Waals surface area contributed by atoms with Gasteiger partial charge in [-0.1, -0.05) is 11.8 Å². The number of tetrazole rings is 1. The Hall–Kier alpha value is -1.68. The van der Waals surface area contributed by atoms with E-state index in [9.17, 15) is 9.59 Å². The molecule has 0 radical (unpaired) electrons. The number of rotatable bonds is 6. The Kier molecular flexibility index (Phi) is 5.93. The van der Waals surface area contributed by atoms with E-state index in [1.165, 1.54) is 23.6 Å². The third-order valence-corrected chi connectivity index (χ3v) is 3.88. The van der Waals surface area contributed by atoms with E-state index >= 15 is 0 Å². The molecule has 0 aromatic carbocycles. The minimum absolute atomic E-state index is 0.0760. The van der Waals surface area contributed by atoms with Crippen LogP contribution in [0.2, 0.25) is 0 Å². The van der Waals surface area contributed by atoms with Gasteiger partial charge in [-0.05, 0) is 23.3 Å². The van der Waals surface area contributed by atoms with Crippen molar-refractivity contribution in [2.24, 2.45) is 0 Å². The lowest BCUT2D eigenvalue weighted by Crippen LogP contribution is -2.39. The molecule has 0 unspecified atom stereocenters. The summed E-state index contributed by atoms with van der Waals surface area (Å²) in [5.74, 6) is -0.339. The number of hydrogen-bond donors (Lipinski definition) is 1. The van der Waals surface area contributed by atoms with E-state index in [0.29, 0.717) is 18.4 Å². The molecule has 116 valence electrons. The zero-order chi connectivity index (χ0) is 15.1. The van der Waals surface area contributed by atoms with E-state index in [1.807, 2.05) is 0 Å². The molecule has 1 saturated heterocycles. The highest BCUT2D eigenvalue weighted by Crippen LogP contribution is 2.14. The van der Waals surface area contributed by atoms with Crippen LogP contribution in [-0.4, -0.2) is 64.2 Å². The lowest BCUT2D eigenvalue weighted by atomic mass is 10.1. The van der Waals surface area contributed by atoms with Crippen LogP contribution in [0.1, 0.15) is 12.8 Å². The summed E-state index contributed by atoms with van der Waals surface area (Å²) in [6, 6.07) is 0.165. The summed E-state index contributed by atoms with van der Waals surface area (Å²) in [7, 11) is 1.29. The molecule has 0 atom stereocenters. The van der Waals surface area contributed by atoms with Gasteiger partial charge in [0.05, 0.1) is 12.9 Å². The van der Waals surface area contributed by atoms with Crippen LogP contribution in [0.5, 0.6) is 0 Å². The van der Waals surface area contributed by atoms with Gasteiger partial charge in [-0.2, -0.15) is 0 Å². The summed E-state index contributed by atoms with van der Waals surface area (Å²) in [6.07, 6.45) is 1.66. The van der Waals surface area contributed by atoms with E-state index < -0.39 is 5.97 Å². The van der Waals surface area contributed by atoms with Crippen molar-refractivity contribution in [2.45, 2.75) is 30.6 Å². The number of aromatic nitrogens is 4. The van der Waals surface area contributed by atoms with Gasteiger partial charge in [0.2, 0.25) is 11.1 Å². The minimum Gasteiger partial charge on any atom is -0.468 e. The molecule has 1 fully saturated rings. The first-order valence-electron chi connectivity index (χ1n) is 6.52. The molecule has 2 rings (SSSR count). The predicted octanol–water partition coefficient (Wildman–Crippen LogP) is -0.767. The summed E-state index contributed by atoms with van der Waals surface area (Å²) in [5.41, 5.74) is 0. The minimum atomic E-state index is -0.448. The van der Waals surface area contributed by atoms with Crippen molar-refractivity contribution in [1.29, 1.82) is 0 Å². The zero-order valence-corrected chi connectivity index (χ0v) is 12.5. The molecule has 0 aliphatic carbocycles. The molecule has 1 amide bonds. The number of nitrogens with zero attached hydrogens (tertiary/aromatic N) is 4. The van der Waals surface area contributed by atoms with Crippen molar-refractivity contribution in [3.05, 3.63) is 0 Å². The summed E-state index contributed by atoms with van der Waals surface area (Å²) in [5, 5.41) is 14.3. The Morgan fingerprint density at radius 3 is 2.95 bits per heavy atom. The molecule has 1 aromatic rings. The van der Waals surface area contributed by atoms with Crippen LogP contribution < -0.4 is 5.32 Å². The van der Waals surface area contributed by atoms with Crippen molar-refractivity contribution >= 4 is 23.6 Å². The zero-order valence-electron chi connectivity index (χ0n) is 11.7. The van der Waals surface area contributed by atoms with Crippen LogP contribution in [0.4, 0.5) is 0 Å². The van der Waals surface area contributed by atoms with E-state index in [2.05, 4.69) is 25.6 Å². The van der Waals surface area contributed by atoms with E-state index in [4.69, 9.17) is 4.74 Å². The average molecular weight is 315 g/mol. The van der Waals surface area contributed by atoms with Crippen molar-refractivity contribution in [3.63, 3.8) is 0 Å². The van der Waals surface area contributed by atoms with Crippen LogP contribution in [-0.2, 0) is 25.6 Å². The summed E-state index contributed by atoms with van der Waals surface area (Å²) >= 11 is 1.18. The summed E-state index contributed by atoms with van der Waals surface area (Å²) in [6.45, 7) is 1.28. The molecule has 0 saturated carbocycles. The molecule has 10 heteroatoms. The van der Waals surface area contributed by atoms with Crippen LogP contribution in [0.15, 0.2) is 5.16 Å². The quantitative estimate of drug-likeness (QED) is 0.539. The van der Waals surface area contributed by atoms with Gasteiger partial charge >= 0.3 is 5.97 Å². The maximum Gasteiger partial charge on any atom is 0.327 e. The first kappa shape index (κ1) is 15.7. The normalized spacial score (nSPS) is 15.7. The van der Waals surface area contributed by atoms with Crippen LogP contribution in [0.3, 0.4) is 0 Å². The maximum absolute atomic E-state index is 11.9. The Balaban J connectivity index is 1.78. The first-order valence-corrected chi connectivity index (χ1v) is 7.50. The van der Waals surface area contributed by atoms with Gasteiger partial charge in [0, 0.05) is 19.3 Å². The molecular formula is C11H17N5O4S. The molecular weight excluding hydrogens is 298 g/mol. The molecule has 1 N–H and O–H groups in total. The van der Waals surface area contributed by atoms with Gasteiger partial charge < -0.3 is 14.8 Å². The van der Waals surface area contributed by atoms with Crippen molar-refractivity contribution < 1.29 is 19.1 Å². The van der Waals surface area contributed by atoms with E-state index in [0.717, 1.165) is 12.8 Å². The highest BCUT2D eigenvalue weighted by Gasteiger charge is 2.17. The fourth-order valence-electron chi connectivity index (χ4n) is 1.83. The van der Waals surface area contributed by atoms with Crippen LogP contribution >= 0.6 is 11.8 Å². The molecule has 1 aromatic heterocycles. The number of thioether (sulfide) groups is 1. The number of carbonyl (C=O) groups excluding carboxylic acids is 2. The Labute approximate surface area is 125 Å². The number of ether oxygens (including phenoxy) is 2. The van der Waals surface area contributed by atoms with Crippen LogP contribution in [0.25, 0.3) is 0 Å². The SMILES string of the molecule is COC(=O)Cn1nnnc1SCC(=O)NC1CCOCC1. The van der Waals surface area contributed by atoms with Crippen molar-refractivity contribution in [2.75, 3.05) is 26.1 Å². The molecule has 21 heavy (non-hydrogen) atoms. The van der Waals surface area contributed by atoms with Crippen molar-refractivity contribution in [3.8, 4) is 0 Å². The number of methoxy groups -OCH3 is 1. The molecule has 2 heterocycles. The predicted molar refractivity (Wildman–Crippen MR) is 72.5 cm³/mol. The van der Waals surface area contributed by atoms with Gasteiger partial charge in [-0.3, -0.25) is 9.59 Å². The molecule has 0 spiro atoms. The lowest BCUT2D eigenvalue weighted by Gasteiger charge is -2.22. The molecule has 9 nitrogen and oxygen atoms in total. The number of carbonyl (C=O) groups is 2. The molecule has 1 aliphatic rings. The van der Waals surface area contributed by atoms with Gasteiger partial charge in [0.1, 0.15) is 6.54 Å². The topological polar surface area (TPSA) is 108 Å². The standard InChI is InChI=1S/C11H17N5O4S/c1-19-10(18)6-16-11(13-14-15-16)21-7-9(17)12-8-2-4-20-5-3-8/h8H,2-7H2,1H3,(H,12,17). The smallest absolute Gasteiger partial charge is 0.327 e. The highest BCUT2D eigenvalue weighted by atomic mass is 32.2. The number of nitrogens with one attached hydrogen (secondary N) is 1. The fourth-order valence-corrected chi connectivity index (χ4v) is 2.52. The van der Waals surface area contributed by atoms with Gasteiger partial charge in [-0.15, -0.1) is 5.10 Å². The largest absolute Gasteiger partial charge is 0.468 e. The molecule has 0 bridgehead atoms. The summed E-state index contributed by atoms with van der Waals surface area (Å²) in [4.78, 5) is 23.0. The summed E-state index contributed by atoms with van der Waals surface area (Å²) < 4.78 is 11.1. The van der Waals surface area contributed by atoms with Crippen LogP contribution in [0, 0.1) is 0 Å². The van der Waals surface area contributed by atoms with Gasteiger partial charge in [-0.25, -0.2) is 4.68 Å². The third-order valence-electron chi connectivity index (χ3n) is 2.92. The Morgan fingerprint density at radius 1 is 1.48 bits per heavy atom. The Bertz CT molecular complexity index is 489. The fraction of sp³-hybridized carbons (Fsp3) is 0.727. The van der Waals surface area contributed by atoms with E-state index in [1.54, 1.807) is 0 Å². The average Bonchev–Trinajstić information content (AvgIpc) is 2.93. The Morgan fingerprint density at radius 2 is 2.24 bits per heavy atom. The first-order chi connectivity index (χ1) is 10.2. The highest BCUT2D eigenvalue weighted by molar-refractivity contribution is 7.99. The number of amides is 1. The lowest BCUT2D eigenvalue weighted by molar-refractivity contribution is -0.141. The number of hydrogen-bond acceptors (Lipinski definition) is 8. The van der Waals surface area contributed by atoms with E-state index in [-0.39, 0.29) is 24.2 Å².